The van der Waals surface area contributed by atoms with Crippen LogP contribution in [0, 0.1) is 0 Å². The highest BCUT2D eigenvalue weighted by Crippen LogP contribution is 2.23. The number of nitrogens with zero attached hydrogens (tertiary/aromatic N) is 1. The Labute approximate surface area is 104 Å². The van der Waals surface area contributed by atoms with Crippen molar-refractivity contribution in [2.24, 2.45) is 0 Å². The second-order valence-corrected chi connectivity index (χ2v) is 5.05. The van der Waals surface area contributed by atoms with Gasteiger partial charge in [-0.2, -0.15) is 0 Å². The van der Waals surface area contributed by atoms with Crippen molar-refractivity contribution >= 4 is 15.9 Å². The molecule has 0 bridgehead atoms. The van der Waals surface area contributed by atoms with Crippen LogP contribution in [0.1, 0.15) is 37.5 Å². The average Bonchev–Trinajstić information content (AvgIpc) is 2.80. The summed E-state index contributed by atoms with van der Waals surface area (Å²) in [6.45, 7) is 0.872. The van der Waals surface area contributed by atoms with Crippen LogP contribution in [-0.4, -0.2) is 22.8 Å². The van der Waals surface area contributed by atoms with Crippen LogP contribution in [0.25, 0.3) is 0 Å². The topological polar surface area (TPSA) is 42.4 Å². The molecule has 16 heavy (non-hydrogen) atoms. The Kier molecular flexibility index (Phi) is 4.32. The molecule has 0 radical (unpaired) electrons. The van der Waals surface area contributed by atoms with Crippen molar-refractivity contribution in [3.8, 4) is 0 Å². The van der Waals surface area contributed by atoms with Gasteiger partial charge in [0, 0.05) is 17.3 Å². The first-order chi connectivity index (χ1) is 7.75. The number of aliphatic hydroxyl groups is 1. The first-order valence-corrected chi connectivity index (χ1v) is 6.46. The van der Waals surface area contributed by atoms with Crippen molar-refractivity contribution in [3.05, 3.63) is 28.5 Å². The Balaban J connectivity index is 1.82. The number of aromatic nitrogens is 1. The van der Waals surface area contributed by atoms with Crippen molar-refractivity contribution in [1.82, 2.24) is 4.98 Å². The standard InChI is InChI=1S/C12H16BrNO2/c13-9-3-5-11(14-8-9)12(15)6-4-10-2-1-7-16-10/h3,5,8,10,12,15H,1-2,4,6-7H2. The minimum atomic E-state index is -0.475. The summed E-state index contributed by atoms with van der Waals surface area (Å²) in [5.74, 6) is 0. The number of halogens is 1. The van der Waals surface area contributed by atoms with Gasteiger partial charge >= 0.3 is 0 Å². The zero-order valence-corrected chi connectivity index (χ0v) is 10.7. The number of rotatable bonds is 4. The lowest BCUT2D eigenvalue weighted by Crippen LogP contribution is -2.08. The molecule has 0 amide bonds. The Morgan fingerprint density at radius 1 is 1.56 bits per heavy atom. The van der Waals surface area contributed by atoms with Crippen molar-refractivity contribution in [2.45, 2.75) is 37.9 Å². The van der Waals surface area contributed by atoms with Gasteiger partial charge in [0.2, 0.25) is 0 Å². The molecule has 88 valence electrons. The van der Waals surface area contributed by atoms with Gasteiger partial charge in [-0.1, -0.05) is 0 Å². The summed E-state index contributed by atoms with van der Waals surface area (Å²) >= 11 is 3.32. The molecule has 0 aliphatic carbocycles. The zero-order chi connectivity index (χ0) is 11.4. The summed E-state index contributed by atoms with van der Waals surface area (Å²) in [5, 5.41) is 9.94. The van der Waals surface area contributed by atoms with E-state index in [1.54, 1.807) is 6.20 Å². The molecule has 2 atom stereocenters. The SMILES string of the molecule is OC(CCC1CCCO1)c1ccc(Br)cn1. The summed E-state index contributed by atoms with van der Waals surface area (Å²) in [6.07, 6.45) is 5.49. The van der Waals surface area contributed by atoms with Gasteiger partial charge in [0.25, 0.3) is 0 Å². The molecular weight excluding hydrogens is 270 g/mol. The second-order valence-electron chi connectivity index (χ2n) is 4.13. The highest BCUT2D eigenvalue weighted by Gasteiger charge is 2.18. The molecule has 1 fully saturated rings. The van der Waals surface area contributed by atoms with Crippen LogP contribution in [0.5, 0.6) is 0 Å². The van der Waals surface area contributed by atoms with E-state index in [0.29, 0.717) is 6.10 Å². The lowest BCUT2D eigenvalue weighted by atomic mass is 10.1. The van der Waals surface area contributed by atoms with E-state index in [9.17, 15) is 5.11 Å². The van der Waals surface area contributed by atoms with Crippen LogP contribution in [0.4, 0.5) is 0 Å². The fourth-order valence-corrected chi connectivity index (χ4v) is 2.18. The number of hydrogen-bond donors (Lipinski definition) is 1. The first-order valence-electron chi connectivity index (χ1n) is 5.67. The molecular formula is C12H16BrNO2. The van der Waals surface area contributed by atoms with E-state index in [4.69, 9.17) is 4.74 Å². The van der Waals surface area contributed by atoms with Crippen LogP contribution < -0.4 is 0 Å². The van der Waals surface area contributed by atoms with Gasteiger partial charge in [0.05, 0.1) is 17.9 Å². The van der Waals surface area contributed by atoms with Gasteiger partial charge in [-0.25, -0.2) is 0 Å². The quantitative estimate of drug-likeness (QED) is 0.925. The number of ether oxygens (including phenoxy) is 1. The van der Waals surface area contributed by atoms with E-state index in [-0.39, 0.29) is 0 Å². The normalized spacial score (nSPS) is 22.2. The Hall–Kier alpha value is -0.450. The maximum absolute atomic E-state index is 9.94. The van der Waals surface area contributed by atoms with Gasteiger partial charge in [0.1, 0.15) is 0 Å². The molecule has 2 unspecified atom stereocenters. The maximum Gasteiger partial charge on any atom is 0.0960 e. The molecule has 1 aromatic heterocycles. The summed E-state index contributed by atoms with van der Waals surface area (Å²) in [4.78, 5) is 4.19. The van der Waals surface area contributed by atoms with Crippen LogP contribution >= 0.6 is 15.9 Å². The highest BCUT2D eigenvalue weighted by molar-refractivity contribution is 9.10. The summed E-state index contributed by atoms with van der Waals surface area (Å²) < 4.78 is 6.45. The predicted octanol–water partition coefficient (Wildman–Crippen LogP) is 2.84. The molecule has 0 saturated carbocycles. The van der Waals surface area contributed by atoms with Crippen molar-refractivity contribution in [3.63, 3.8) is 0 Å². The van der Waals surface area contributed by atoms with Crippen LogP contribution in [0.15, 0.2) is 22.8 Å². The summed E-state index contributed by atoms with van der Waals surface area (Å²) in [5.41, 5.74) is 0.737. The lowest BCUT2D eigenvalue weighted by molar-refractivity contribution is 0.0802. The van der Waals surface area contributed by atoms with E-state index < -0.39 is 6.10 Å². The van der Waals surface area contributed by atoms with Crippen LogP contribution in [0.2, 0.25) is 0 Å². The van der Waals surface area contributed by atoms with Gasteiger partial charge in [0.15, 0.2) is 0 Å². The average molecular weight is 286 g/mol. The lowest BCUT2D eigenvalue weighted by Gasteiger charge is -2.13. The number of aliphatic hydroxyl groups excluding tert-OH is 1. The fourth-order valence-electron chi connectivity index (χ4n) is 1.95. The van der Waals surface area contributed by atoms with Gasteiger partial charge in [-0.15, -0.1) is 0 Å². The van der Waals surface area contributed by atoms with Crippen LogP contribution in [-0.2, 0) is 4.74 Å². The first kappa shape index (κ1) is 12.0. The van der Waals surface area contributed by atoms with Crippen LogP contribution in [0.3, 0.4) is 0 Å². The summed E-state index contributed by atoms with van der Waals surface area (Å²) in [7, 11) is 0. The molecule has 0 spiro atoms. The zero-order valence-electron chi connectivity index (χ0n) is 9.10. The predicted molar refractivity (Wildman–Crippen MR) is 65.1 cm³/mol. The highest BCUT2D eigenvalue weighted by atomic mass is 79.9. The smallest absolute Gasteiger partial charge is 0.0960 e. The molecule has 2 rings (SSSR count). The van der Waals surface area contributed by atoms with E-state index in [1.165, 1.54) is 0 Å². The fraction of sp³-hybridized carbons (Fsp3) is 0.583. The molecule has 4 heteroatoms. The minimum Gasteiger partial charge on any atom is -0.387 e. The maximum atomic E-state index is 9.94. The largest absolute Gasteiger partial charge is 0.387 e. The third kappa shape index (κ3) is 3.27. The number of hydrogen-bond acceptors (Lipinski definition) is 3. The molecule has 1 aromatic rings. The Morgan fingerprint density at radius 2 is 2.44 bits per heavy atom. The minimum absolute atomic E-state index is 0.338. The molecule has 1 N–H and O–H groups in total. The molecule has 1 saturated heterocycles. The van der Waals surface area contributed by atoms with Crippen molar-refractivity contribution in [1.29, 1.82) is 0 Å². The molecule has 1 aliphatic heterocycles. The Bertz CT molecular complexity index is 322. The third-order valence-electron chi connectivity index (χ3n) is 2.88. The van der Waals surface area contributed by atoms with Crippen molar-refractivity contribution in [2.75, 3.05) is 6.61 Å². The molecule has 0 aromatic carbocycles. The monoisotopic (exact) mass is 285 g/mol. The third-order valence-corrected chi connectivity index (χ3v) is 3.35. The Morgan fingerprint density at radius 3 is 3.06 bits per heavy atom. The van der Waals surface area contributed by atoms with Gasteiger partial charge in [-0.05, 0) is 53.7 Å². The summed E-state index contributed by atoms with van der Waals surface area (Å²) in [6, 6.07) is 3.75. The van der Waals surface area contributed by atoms with E-state index >= 15 is 0 Å². The van der Waals surface area contributed by atoms with E-state index in [2.05, 4.69) is 20.9 Å². The van der Waals surface area contributed by atoms with Gasteiger partial charge < -0.3 is 9.84 Å². The molecule has 3 nitrogen and oxygen atoms in total. The number of pyridine rings is 1. The van der Waals surface area contributed by atoms with Gasteiger partial charge in [-0.3, -0.25) is 4.98 Å². The molecule has 2 heterocycles. The van der Waals surface area contributed by atoms with Crippen molar-refractivity contribution < 1.29 is 9.84 Å². The molecule has 1 aliphatic rings. The van der Waals surface area contributed by atoms with E-state index in [0.717, 1.165) is 42.5 Å². The van der Waals surface area contributed by atoms with E-state index in [1.807, 2.05) is 12.1 Å². The second kappa shape index (κ2) is 5.75.